The fourth-order valence-corrected chi connectivity index (χ4v) is 7.31. The normalized spacial score (nSPS) is 14.9. The van der Waals surface area contributed by atoms with Crippen molar-refractivity contribution in [1.29, 1.82) is 0 Å². The molecule has 8 nitrogen and oxygen atoms in total. The third-order valence-electron chi connectivity index (χ3n) is 9.48. The van der Waals surface area contributed by atoms with Crippen molar-refractivity contribution < 1.29 is 19.2 Å². The minimum absolute atomic E-state index is 0.264. The third-order valence-corrected chi connectivity index (χ3v) is 9.48. The lowest BCUT2D eigenvalue weighted by Crippen LogP contribution is -2.41. The number of carbonyl (C=O) groups excluding carboxylic acids is 4. The van der Waals surface area contributed by atoms with E-state index in [1.165, 1.54) is 9.80 Å². The molecule has 0 saturated carbocycles. The number of carbonyl (C=O) groups is 4. The molecule has 224 valence electrons. The quantitative estimate of drug-likeness (QED) is 0.0801. The molecule has 0 radical (unpaired) electrons. The Morgan fingerprint density at radius 2 is 0.682 bits per heavy atom. The van der Waals surface area contributed by atoms with Crippen LogP contribution in [-0.4, -0.2) is 59.6 Å². The van der Waals surface area contributed by atoms with E-state index in [4.69, 9.17) is 11.5 Å². The highest BCUT2D eigenvalue weighted by atomic mass is 16.2. The monoisotopic (exact) mass is 588 g/mol. The van der Waals surface area contributed by atoms with Crippen molar-refractivity contribution in [2.24, 2.45) is 11.5 Å². The van der Waals surface area contributed by atoms with Crippen LogP contribution in [0, 0.1) is 0 Å². The minimum atomic E-state index is -0.264. The summed E-state index contributed by atoms with van der Waals surface area (Å²) in [5, 5.41) is 6.69. The van der Waals surface area contributed by atoms with Crippen LogP contribution in [0.1, 0.15) is 92.8 Å². The van der Waals surface area contributed by atoms with Gasteiger partial charge in [0.2, 0.25) is 0 Å². The molecule has 44 heavy (non-hydrogen) atoms. The van der Waals surface area contributed by atoms with Crippen LogP contribution in [0.4, 0.5) is 0 Å². The molecule has 0 saturated heterocycles. The average molecular weight is 589 g/mol. The van der Waals surface area contributed by atoms with Crippen LogP contribution in [0.5, 0.6) is 0 Å². The molecule has 2 aliphatic heterocycles. The number of hydrogen-bond donors (Lipinski definition) is 2. The van der Waals surface area contributed by atoms with E-state index in [0.717, 1.165) is 83.7 Å². The van der Waals surface area contributed by atoms with E-state index in [1.54, 1.807) is 0 Å². The molecule has 0 aliphatic carbocycles. The van der Waals surface area contributed by atoms with E-state index in [2.05, 4.69) is 0 Å². The van der Waals surface area contributed by atoms with Crippen LogP contribution in [0.2, 0.25) is 0 Å². The number of amides is 4. The van der Waals surface area contributed by atoms with Gasteiger partial charge in [0.15, 0.2) is 0 Å². The van der Waals surface area contributed by atoms with E-state index in [1.807, 2.05) is 48.5 Å². The molecule has 0 bridgehead atoms. The zero-order valence-electron chi connectivity index (χ0n) is 24.8. The van der Waals surface area contributed by atoms with Gasteiger partial charge in [0.05, 0.1) is 0 Å². The lowest BCUT2D eigenvalue weighted by Gasteiger charge is -2.30. The van der Waals surface area contributed by atoms with Gasteiger partial charge >= 0.3 is 0 Å². The molecule has 5 aromatic carbocycles. The van der Waals surface area contributed by atoms with Crippen LogP contribution in [-0.2, 0) is 0 Å². The molecule has 2 heterocycles. The van der Waals surface area contributed by atoms with E-state index in [-0.39, 0.29) is 23.6 Å². The molecule has 0 atom stereocenters. The predicted molar refractivity (Wildman–Crippen MR) is 173 cm³/mol. The Labute approximate surface area is 255 Å². The standard InChI is InChI=1S/C36H36N4O4/c37-17-5-1-3-7-19-39-33(41)25-13-9-21-23-11-15-27-32-28(36(44)40(35(27)43)20-8-4-2-6-18-38)16-12-24(30(23)32)22-10-14-26(34(39)42)31(25)29(21)22/h9-16H,1-8,17-20,37-38H2. The Kier molecular flexibility index (Phi) is 7.26. The number of benzene rings is 5. The Morgan fingerprint density at radius 3 is 0.977 bits per heavy atom. The van der Waals surface area contributed by atoms with Gasteiger partial charge < -0.3 is 11.5 Å². The summed E-state index contributed by atoms with van der Waals surface area (Å²) < 4.78 is 0. The average Bonchev–Trinajstić information content (AvgIpc) is 3.04. The largest absolute Gasteiger partial charge is 0.330 e. The van der Waals surface area contributed by atoms with Crippen molar-refractivity contribution in [2.45, 2.75) is 51.4 Å². The van der Waals surface area contributed by atoms with Gasteiger partial charge in [0, 0.05) is 46.1 Å². The lowest BCUT2D eigenvalue weighted by atomic mass is 9.82. The first-order chi connectivity index (χ1) is 21.5. The smallest absolute Gasteiger partial charge is 0.261 e. The fourth-order valence-electron chi connectivity index (χ4n) is 7.31. The maximum Gasteiger partial charge on any atom is 0.261 e. The zero-order valence-corrected chi connectivity index (χ0v) is 24.8. The predicted octanol–water partition coefficient (Wildman–Crippen LogP) is 5.97. The van der Waals surface area contributed by atoms with Gasteiger partial charge in [-0.15, -0.1) is 0 Å². The molecular formula is C36H36N4O4. The van der Waals surface area contributed by atoms with Gasteiger partial charge in [0.1, 0.15) is 0 Å². The second kappa shape index (κ2) is 11.3. The number of nitrogens with two attached hydrogens (primary N) is 2. The number of nitrogens with zero attached hydrogens (tertiary/aromatic N) is 2. The second-order valence-electron chi connectivity index (χ2n) is 12.1. The van der Waals surface area contributed by atoms with Crippen LogP contribution in [0.25, 0.3) is 43.1 Å². The lowest BCUT2D eigenvalue weighted by molar-refractivity contribution is 0.0592. The van der Waals surface area contributed by atoms with Crippen LogP contribution in [0.3, 0.4) is 0 Å². The molecule has 5 aromatic rings. The maximum absolute atomic E-state index is 13.7. The Morgan fingerprint density at radius 1 is 0.386 bits per heavy atom. The molecule has 8 heteroatoms. The summed E-state index contributed by atoms with van der Waals surface area (Å²) in [4.78, 5) is 57.4. The van der Waals surface area contributed by atoms with E-state index in [9.17, 15) is 19.2 Å². The van der Waals surface area contributed by atoms with Gasteiger partial charge in [0.25, 0.3) is 23.6 Å². The maximum atomic E-state index is 13.7. The first-order valence-electron chi connectivity index (χ1n) is 15.8. The van der Waals surface area contributed by atoms with E-state index >= 15 is 0 Å². The third kappa shape index (κ3) is 4.19. The van der Waals surface area contributed by atoms with Crippen molar-refractivity contribution >= 4 is 66.7 Å². The van der Waals surface area contributed by atoms with Gasteiger partial charge in [-0.2, -0.15) is 0 Å². The van der Waals surface area contributed by atoms with Gasteiger partial charge in [-0.1, -0.05) is 49.9 Å². The number of imide groups is 2. The Balaban J connectivity index is 1.33. The molecular weight excluding hydrogens is 552 g/mol. The van der Waals surface area contributed by atoms with E-state index < -0.39 is 0 Å². The SMILES string of the molecule is NCCCCCCN1C(=O)c2ccc3c4ccc5c6c(ccc(c7ccc(c2c37)C1=O)c64)C(=O)N(CCCCCCN)C5=O. The number of rotatable bonds is 12. The van der Waals surface area contributed by atoms with Gasteiger partial charge in [-0.25, -0.2) is 0 Å². The minimum Gasteiger partial charge on any atom is -0.330 e. The highest BCUT2D eigenvalue weighted by Crippen LogP contribution is 2.46. The number of hydrogen-bond acceptors (Lipinski definition) is 6. The zero-order chi connectivity index (χ0) is 30.5. The first kappa shape index (κ1) is 28.4. The first-order valence-corrected chi connectivity index (χ1v) is 15.8. The van der Waals surface area contributed by atoms with Crippen molar-refractivity contribution in [3.63, 3.8) is 0 Å². The summed E-state index contributed by atoms with van der Waals surface area (Å²) >= 11 is 0. The van der Waals surface area contributed by atoms with Crippen molar-refractivity contribution in [1.82, 2.24) is 9.80 Å². The molecule has 2 aliphatic rings. The highest BCUT2D eigenvalue weighted by molar-refractivity contribution is 6.41. The summed E-state index contributed by atoms with van der Waals surface area (Å²) in [6.45, 7) is 2.05. The second-order valence-corrected chi connectivity index (χ2v) is 12.1. The molecule has 0 unspecified atom stereocenters. The molecule has 4 amide bonds. The molecule has 0 aromatic heterocycles. The highest BCUT2D eigenvalue weighted by Gasteiger charge is 2.36. The summed E-state index contributed by atoms with van der Waals surface area (Å²) in [6.07, 6.45) is 7.14. The summed E-state index contributed by atoms with van der Waals surface area (Å²) in [7, 11) is 0. The fraction of sp³-hybridized carbons (Fsp3) is 0.333. The Bertz CT molecular complexity index is 1730. The van der Waals surface area contributed by atoms with Gasteiger partial charge in [-0.3, -0.25) is 29.0 Å². The Hall–Kier alpha value is -4.40. The number of unbranched alkanes of at least 4 members (excludes halogenated alkanes) is 6. The molecule has 0 fully saturated rings. The molecule has 7 rings (SSSR count). The number of fused-ring (bicyclic) bond motifs is 2. The van der Waals surface area contributed by atoms with Crippen molar-refractivity contribution in [3.8, 4) is 0 Å². The van der Waals surface area contributed by atoms with Gasteiger partial charge in [-0.05, 0) is 95.4 Å². The topological polar surface area (TPSA) is 127 Å². The molecule has 4 N–H and O–H groups in total. The van der Waals surface area contributed by atoms with Crippen LogP contribution < -0.4 is 11.5 Å². The summed E-state index contributed by atoms with van der Waals surface area (Å²) in [6, 6.07) is 15.1. The summed E-state index contributed by atoms with van der Waals surface area (Å²) in [5.41, 5.74) is 13.3. The molecule has 0 spiro atoms. The van der Waals surface area contributed by atoms with Crippen LogP contribution in [0.15, 0.2) is 48.5 Å². The van der Waals surface area contributed by atoms with E-state index in [0.29, 0.717) is 59.2 Å². The van der Waals surface area contributed by atoms with Crippen molar-refractivity contribution in [3.05, 3.63) is 70.8 Å². The van der Waals surface area contributed by atoms with Crippen molar-refractivity contribution in [2.75, 3.05) is 26.2 Å². The van der Waals surface area contributed by atoms with Crippen LogP contribution >= 0.6 is 0 Å². The summed E-state index contributed by atoms with van der Waals surface area (Å²) in [5.74, 6) is -1.05.